The van der Waals surface area contributed by atoms with Gasteiger partial charge in [-0.2, -0.15) is 9.88 Å². The van der Waals surface area contributed by atoms with E-state index in [9.17, 15) is 18.9 Å². The number of ether oxygens (including phenoxy) is 2. The van der Waals surface area contributed by atoms with Crippen LogP contribution in [0.25, 0.3) is 0 Å². The molecule has 4 atom stereocenters. The molecule has 0 aliphatic carbocycles. The van der Waals surface area contributed by atoms with Crippen molar-refractivity contribution in [1.29, 1.82) is 0 Å². The number of thioether (sulfide) groups is 1. The molecule has 3 rings (SSSR count). The summed E-state index contributed by atoms with van der Waals surface area (Å²) < 4.78 is 55.0. The Morgan fingerprint density at radius 1 is 1.16 bits per heavy atom. The summed E-state index contributed by atoms with van der Waals surface area (Å²) in [4.78, 5) is 43.1. The van der Waals surface area contributed by atoms with Crippen molar-refractivity contribution in [1.82, 2.24) is 9.55 Å². The highest BCUT2D eigenvalue weighted by atomic mass is 32.2. The average Bonchev–Trinajstić information content (AvgIpc) is 3.04. The van der Waals surface area contributed by atoms with E-state index >= 15 is 4.39 Å². The number of aromatic nitrogens is 2. The van der Waals surface area contributed by atoms with Crippen LogP contribution in [0.2, 0.25) is 0 Å². The van der Waals surface area contributed by atoms with Crippen molar-refractivity contribution in [3.63, 3.8) is 0 Å². The first-order valence-electron chi connectivity index (χ1n) is 12.2. The molecule has 2 aliphatic rings. The number of carbonyl (C=O) groups excluding carboxylic acids is 2. The summed E-state index contributed by atoms with van der Waals surface area (Å²) in [7, 11) is -3.69. The van der Waals surface area contributed by atoms with E-state index in [4.69, 9.17) is 23.0 Å². The number of alkyl halides is 1. The molecule has 2 fully saturated rings. The number of anilines is 1. The maximum atomic E-state index is 15.3. The normalized spacial score (nSPS) is 25.6. The fourth-order valence-corrected chi connectivity index (χ4v) is 6.51. The van der Waals surface area contributed by atoms with E-state index in [0.29, 0.717) is 11.3 Å². The monoisotopic (exact) mass is 579 g/mol. The lowest BCUT2D eigenvalue weighted by Crippen LogP contribution is -2.45. The van der Waals surface area contributed by atoms with Crippen LogP contribution >= 0.6 is 19.6 Å². The Labute approximate surface area is 225 Å². The Balaban J connectivity index is 1.81. The van der Waals surface area contributed by atoms with Gasteiger partial charge in [-0.05, 0) is 54.0 Å². The van der Waals surface area contributed by atoms with Crippen molar-refractivity contribution in [2.45, 2.75) is 82.9 Å². The molecule has 12 nitrogen and oxygen atoms in total. The van der Waals surface area contributed by atoms with Crippen molar-refractivity contribution in [2.24, 2.45) is 5.92 Å². The van der Waals surface area contributed by atoms with Gasteiger partial charge in [0.2, 0.25) is 0 Å². The summed E-state index contributed by atoms with van der Waals surface area (Å²) in [6.45, 7) is 11.7. The first kappa shape index (κ1) is 30.6. The van der Waals surface area contributed by atoms with Crippen LogP contribution in [0, 0.1) is 5.92 Å². The van der Waals surface area contributed by atoms with Gasteiger partial charge in [0.1, 0.15) is 22.7 Å². The summed E-state index contributed by atoms with van der Waals surface area (Å²) in [5.41, 5.74) is -2.78. The minimum absolute atomic E-state index is 0.106. The summed E-state index contributed by atoms with van der Waals surface area (Å²) in [6.07, 6.45) is -1.78. The molecule has 0 aromatic carbocycles. The Hall–Kier alpha value is -1.99. The predicted molar refractivity (Wildman–Crippen MR) is 138 cm³/mol. The molecule has 0 unspecified atom stereocenters. The fraction of sp³-hybridized carbons (Fsp3) is 0.739. The predicted octanol–water partition coefficient (Wildman–Crippen LogP) is 5.07. The lowest BCUT2D eigenvalue weighted by molar-refractivity contribution is 0.0428. The Morgan fingerprint density at radius 2 is 1.71 bits per heavy atom. The highest BCUT2D eigenvalue weighted by Crippen LogP contribution is 2.54. The maximum absolute atomic E-state index is 15.3. The third kappa shape index (κ3) is 7.78. The Bertz CT molecular complexity index is 1100. The summed E-state index contributed by atoms with van der Waals surface area (Å²) in [5.74, 6) is -0.890. The Morgan fingerprint density at radius 3 is 2.21 bits per heavy atom. The van der Waals surface area contributed by atoms with E-state index < -0.39 is 59.6 Å². The van der Waals surface area contributed by atoms with Gasteiger partial charge in [0.05, 0.1) is 19.8 Å². The molecule has 3 heterocycles. The van der Waals surface area contributed by atoms with Crippen LogP contribution < -0.4 is 10.6 Å². The standard InChI is InChI=1S/C23H35FN3O9PS/c1-14-15(13-34-37(31)32-11-8-12-33-37)38-18(17(14)24)26-10-9-16(25-19(26)28)27(20(29)35-22(2,3)4)21(30)36-23(5,6)7/h9-10,14-15,17-18H,8,11-13H2,1-7H3/t14-,15-,17+,18-/m1/s1. The number of nitrogens with zero attached hydrogens (tertiary/aromatic N) is 3. The van der Waals surface area contributed by atoms with Gasteiger partial charge in [0, 0.05) is 17.4 Å². The zero-order valence-electron chi connectivity index (χ0n) is 22.5. The molecule has 2 amide bonds. The molecule has 0 bridgehead atoms. The number of imide groups is 1. The van der Waals surface area contributed by atoms with Crippen LogP contribution in [-0.2, 0) is 27.6 Å². The zero-order chi connectivity index (χ0) is 28.5. The van der Waals surface area contributed by atoms with Gasteiger partial charge >= 0.3 is 25.7 Å². The SMILES string of the molecule is C[C@H]1[C@H](F)[C@H](n2ccc(N(C(=O)OC(C)(C)C)C(=O)OC(C)(C)C)nc2=O)S[C@@H]1COP1(=O)OCCCO1. The minimum Gasteiger partial charge on any atom is -0.443 e. The summed E-state index contributed by atoms with van der Waals surface area (Å²) >= 11 is 1.12. The fourth-order valence-electron chi connectivity index (χ4n) is 3.54. The van der Waals surface area contributed by atoms with E-state index in [2.05, 4.69) is 4.98 Å². The first-order valence-corrected chi connectivity index (χ1v) is 14.6. The van der Waals surface area contributed by atoms with Crippen LogP contribution in [0.4, 0.5) is 19.8 Å². The van der Waals surface area contributed by atoms with Crippen LogP contribution in [0.5, 0.6) is 0 Å². The Kier molecular flexibility index (Phi) is 9.35. The van der Waals surface area contributed by atoms with Crippen LogP contribution in [0.3, 0.4) is 0 Å². The molecule has 1 aromatic heterocycles. The quantitative estimate of drug-likeness (QED) is 0.433. The molecular formula is C23H35FN3O9PS. The number of hydrogen-bond acceptors (Lipinski definition) is 11. The average molecular weight is 580 g/mol. The molecule has 0 N–H and O–H groups in total. The van der Waals surface area contributed by atoms with Gasteiger partial charge in [-0.25, -0.2) is 23.3 Å². The molecule has 214 valence electrons. The lowest BCUT2D eigenvalue weighted by Gasteiger charge is -2.28. The lowest BCUT2D eigenvalue weighted by atomic mass is 10.0. The van der Waals surface area contributed by atoms with E-state index in [1.54, 1.807) is 48.5 Å². The maximum Gasteiger partial charge on any atom is 0.474 e. The molecule has 38 heavy (non-hydrogen) atoms. The molecule has 2 saturated heterocycles. The van der Waals surface area contributed by atoms with Gasteiger partial charge in [0.25, 0.3) is 0 Å². The number of rotatable bonds is 5. The number of phosphoric acid groups is 1. The zero-order valence-corrected chi connectivity index (χ0v) is 24.3. The van der Waals surface area contributed by atoms with E-state index in [0.717, 1.165) is 16.3 Å². The van der Waals surface area contributed by atoms with Gasteiger partial charge < -0.3 is 9.47 Å². The number of amides is 2. The van der Waals surface area contributed by atoms with Crippen molar-refractivity contribution < 1.29 is 41.6 Å². The van der Waals surface area contributed by atoms with Crippen molar-refractivity contribution in [2.75, 3.05) is 24.7 Å². The first-order chi connectivity index (χ1) is 17.5. The van der Waals surface area contributed by atoms with Gasteiger partial charge in [-0.15, -0.1) is 11.8 Å². The summed E-state index contributed by atoms with van der Waals surface area (Å²) in [6, 6.07) is 1.24. The van der Waals surface area contributed by atoms with Crippen LogP contribution in [0.15, 0.2) is 17.1 Å². The third-order valence-corrected chi connectivity index (χ3v) is 8.47. The third-order valence-electron chi connectivity index (χ3n) is 5.33. The van der Waals surface area contributed by atoms with Crippen molar-refractivity contribution in [3.8, 4) is 0 Å². The van der Waals surface area contributed by atoms with Gasteiger partial charge in [0.15, 0.2) is 5.82 Å². The second-order valence-electron chi connectivity index (χ2n) is 10.9. The second kappa shape index (κ2) is 11.6. The number of carbonyl (C=O) groups is 2. The molecule has 2 aliphatic heterocycles. The second-order valence-corrected chi connectivity index (χ2v) is 13.9. The number of phosphoric ester groups is 1. The minimum atomic E-state index is -3.69. The summed E-state index contributed by atoms with van der Waals surface area (Å²) in [5, 5.41) is -1.43. The molecule has 1 aromatic rings. The van der Waals surface area contributed by atoms with Crippen LogP contribution in [0.1, 0.15) is 60.3 Å². The van der Waals surface area contributed by atoms with Gasteiger partial charge in [-0.3, -0.25) is 18.1 Å². The topological polar surface area (TPSA) is 135 Å². The molecule has 0 radical (unpaired) electrons. The van der Waals surface area contributed by atoms with Crippen LogP contribution in [-0.4, -0.2) is 64.2 Å². The molecule has 0 spiro atoms. The largest absolute Gasteiger partial charge is 0.474 e. The molecular weight excluding hydrogens is 544 g/mol. The van der Waals surface area contributed by atoms with E-state index in [1.165, 1.54) is 12.3 Å². The van der Waals surface area contributed by atoms with Gasteiger partial charge in [-0.1, -0.05) is 6.92 Å². The molecule has 0 saturated carbocycles. The highest BCUT2D eigenvalue weighted by Gasteiger charge is 2.45. The van der Waals surface area contributed by atoms with E-state index in [1.807, 2.05) is 0 Å². The number of hydrogen-bond donors (Lipinski definition) is 0. The van der Waals surface area contributed by atoms with Crippen molar-refractivity contribution >= 4 is 37.6 Å². The molecule has 15 heteroatoms. The highest BCUT2D eigenvalue weighted by molar-refractivity contribution is 8.00. The smallest absolute Gasteiger partial charge is 0.443 e. The van der Waals surface area contributed by atoms with E-state index in [-0.39, 0.29) is 25.6 Å². The van der Waals surface area contributed by atoms with Crippen molar-refractivity contribution in [3.05, 3.63) is 22.7 Å². The number of halogens is 1.